The zero-order valence-electron chi connectivity index (χ0n) is 23.3. The summed E-state index contributed by atoms with van der Waals surface area (Å²) in [6.07, 6.45) is -7.61. The van der Waals surface area contributed by atoms with Crippen molar-refractivity contribution in [3.8, 4) is 0 Å². The highest BCUT2D eigenvalue weighted by Gasteiger charge is 2.53. The topological polar surface area (TPSA) is 135 Å². The number of carbonyl (C=O) groups is 4. The standard InChI is InChI=1S/C34H28O10/c35-30(22-13-5-1-6-14-22)40-21-26(41-31(36)23-15-7-2-8-16-23)27-28(43-32(37)24-17-9-3-10-18-24)29(34(39)42-27)44-33(38)25-19-11-4-12-20-25/h1-20,26-29,34,39H,21H2. The quantitative estimate of drug-likeness (QED) is 0.209. The second kappa shape index (κ2) is 14.2. The molecule has 10 nitrogen and oxygen atoms in total. The van der Waals surface area contributed by atoms with Gasteiger partial charge in [-0.2, -0.15) is 0 Å². The average Bonchev–Trinajstić information content (AvgIpc) is 3.37. The van der Waals surface area contributed by atoms with Gasteiger partial charge in [-0.25, -0.2) is 19.2 Å². The maximum atomic E-state index is 13.2. The average molecular weight is 597 g/mol. The van der Waals surface area contributed by atoms with E-state index >= 15 is 0 Å². The van der Waals surface area contributed by atoms with Gasteiger partial charge in [0.2, 0.25) is 0 Å². The minimum Gasteiger partial charge on any atom is -0.458 e. The molecular formula is C34H28O10. The largest absolute Gasteiger partial charge is 0.458 e. The van der Waals surface area contributed by atoms with Crippen LogP contribution in [0.4, 0.5) is 0 Å². The van der Waals surface area contributed by atoms with E-state index < -0.39 is 61.2 Å². The molecule has 44 heavy (non-hydrogen) atoms. The van der Waals surface area contributed by atoms with Gasteiger partial charge in [-0.15, -0.1) is 0 Å². The van der Waals surface area contributed by atoms with E-state index in [1.54, 1.807) is 84.9 Å². The molecule has 0 spiro atoms. The van der Waals surface area contributed by atoms with E-state index in [1.807, 2.05) is 0 Å². The molecule has 0 radical (unpaired) electrons. The lowest BCUT2D eigenvalue weighted by atomic mass is 10.0. The van der Waals surface area contributed by atoms with Gasteiger partial charge in [0.25, 0.3) is 0 Å². The van der Waals surface area contributed by atoms with Gasteiger partial charge in [-0.05, 0) is 48.5 Å². The summed E-state index contributed by atoms with van der Waals surface area (Å²) in [7, 11) is 0. The van der Waals surface area contributed by atoms with Crippen molar-refractivity contribution in [2.45, 2.75) is 30.7 Å². The molecule has 0 amide bonds. The zero-order valence-corrected chi connectivity index (χ0v) is 23.3. The highest BCUT2D eigenvalue weighted by Crippen LogP contribution is 2.31. The summed E-state index contributed by atoms with van der Waals surface area (Å²) in [5, 5.41) is 10.9. The molecule has 1 aliphatic heterocycles. The van der Waals surface area contributed by atoms with Crippen molar-refractivity contribution in [3.63, 3.8) is 0 Å². The number of aliphatic hydroxyl groups is 1. The van der Waals surface area contributed by atoms with Gasteiger partial charge >= 0.3 is 23.9 Å². The van der Waals surface area contributed by atoms with Crippen molar-refractivity contribution in [1.29, 1.82) is 0 Å². The summed E-state index contributed by atoms with van der Waals surface area (Å²) in [5.74, 6) is -3.13. The Morgan fingerprint density at radius 3 is 1.41 bits per heavy atom. The molecule has 1 N–H and O–H groups in total. The third-order valence-corrected chi connectivity index (χ3v) is 6.75. The molecule has 1 fully saturated rings. The van der Waals surface area contributed by atoms with Crippen LogP contribution in [0.5, 0.6) is 0 Å². The van der Waals surface area contributed by atoms with Crippen molar-refractivity contribution in [1.82, 2.24) is 0 Å². The van der Waals surface area contributed by atoms with Crippen molar-refractivity contribution in [3.05, 3.63) is 144 Å². The van der Waals surface area contributed by atoms with Crippen LogP contribution in [0.1, 0.15) is 41.4 Å². The number of aliphatic hydroxyl groups excluding tert-OH is 1. The lowest BCUT2D eigenvalue weighted by Crippen LogP contribution is -2.47. The number of hydrogen-bond acceptors (Lipinski definition) is 10. The Labute approximate surface area is 252 Å². The number of ether oxygens (including phenoxy) is 5. The normalized spacial score (nSPS) is 19.8. The highest BCUT2D eigenvalue weighted by molar-refractivity contribution is 5.91. The molecule has 4 aromatic rings. The van der Waals surface area contributed by atoms with Crippen LogP contribution < -0.4 is 0 Å². The second-order valence-electron chi connectivity index (χ2n) is 9.74. The fourth-order valence-corrected chi connectivity index (χ4v) is 4.55. The third-order valence-electron chi connectivity index (χ3n) is 6.75. The highest BCUT2D eigenvalue weighted by atomic mass is 16.7. The van der Waals surface area contributed by atoms with Crippen molar-refractivity contribution >= 4 is 23.9 Å². The smallest absolute Gasteiger partial charge is 0.338 e. The van der Waals surface area contributed by atoms with Crippen LogP contribution >= 0.6 is 0 Å². The summed E-state index contributed by atoms with van der Waals surface area (Å²) in [5.41, 5.74) is 0.791. The SMILES string of the molecule is O=C(OCC(OC(=O)c1ccccc1)C1OC(O)C(OC(=O)c2ccccc2)C1OC(=O)c1ccccc1)c1ccccc1. The molecule has 5 atom stereocenters. The van der Waals surface area contributed by atoms with E-state index in [-0.39, 0.29) is 22.3 Å². The number of rotatable bonds is 10. The fourth-order valence-electron chi connectivity index (χ4n) is 4.55. The summed E-state index contributed by atoms with van der Waals surface area (Å²) in [6.45, 7) is -0.539. The Hall–Kier alpha value is -5.32. The van der Waals surface area contributed by atoms with Crippen LogP contribution in [0.3, 0.4) is 0 Å². The predicted octanol–water partition coefficient (Wildman–Crippen LogP) is 4.24. The van der Waals surface area contributed by atoms with Gasteiger partial charge in [0.15, 0.2) is 24.6 Å². The first kappa shape index (κ1) is 30.1. The van der Waals surface area contributed by atoms with Crippen molar-refractivity contribution in [2.75, 3.05) is 6.61 Å². The molecule has 10 heteroatoms. The van der Waals surface area contributed by atoms with E-state index in [1.165, 1.54) is 36.4 Å². The lowest BCUT2D eigenvalue weighted by molar-refractivity contribution is -0.153. The van der Waals surface area contributed by atoms with Gasteiger partial charge in [0.1, 0.15) is 12.7 Å². The van der Waals surface area contributed by atoms with Gasteiger partial charge in [-0.3, -0.25) is 0 Å². The molecule has 0 bridgehead atoms. The molecule has 224 valence electrons. The van der Waals surface area contributed by atoms with Crippen molar-refractivity contribution in [2.24, 2.45) is 0 Å². The van der Waals surface area contributed by atoms with E-state index in [4.69, 9.17) is 23.7 Å². The maximum absolute atomic E-state index is 13.2. The number of hydrogen-bond donors (Lipinski definition) is 1. The maximum Gasteiger partial charge on any atom is 0.338 e. The molecule has 1 heterocycles. The van der Waals surface area contributed by atoms with Gasteiger partial charge < -0.3 is 28.8 Å². The Kier molecular flexibility index (Phi) is 9.75. The minimum absolute atomic E-state index is 0.175. The zero-order chi connectivity index (χ0) is 30.9. The first-order valence-corrected chi connectivity index (χ1v) is 13.7. The second-order valence-corrected chi connectivity index (χ2v) is 9.74. The number of benzene rings is 4. The Bertz CT molecular complexity index is 1560. The molecule has 0 aliphatic carbocycles. The first-order chi connectivity index (χ1) is 21.4. The van der Waals surface area contributed by atoms with E-state index in [9.17, 15) is 24.3 Å². The molecule has 0 aromatic heterocycles. The summed E-state index contributed by atoms with van der Waals surface area (Å²) in [6, 6.07) is 32.2. The number of carbonyl (C=O) groups excluding carboxylic acids is 4. The first-order valence-electron chi connectivity index (χ1n) is 13.7. The number of esters is 4. The van der Waals surface area contributed by atoms with Gasteiger partial charge in [0, 0.05) is 0 Å². The van der Waals surface area contributed by atoms with E-state index in [0.717, 1.165) is 0 Å². The van der Waals surface area contributed by atoms with Crippen LogP contribution in [-0.2, 0) is 23.7 Å². The monoisotopic (exact) mass is 596 g/mol. The summed E-state index contributed by atoms with van der Waals surface area (Å²) in [4.78, 5) is 52.1. The van der Waals surface area contributed by atoms with Gasteiger partial charge in [0.05, 0.1) is 22.3 Å². The van der Waals surface area contributed by atoms with Gasteiger partial charge in [-0.1, -0.05) is 72.8 Å². The van der Waals surface area contributed by atoms with Crippen LogP contribution in [0.25, 0.3) is 0 Å². The molecule has 1 saturated heterocycles. The molecule has 1 aliphatic rings. The van der Waals surface area contributed by atoms with Crippen LogP contribution in [-0.4, -0.2) is 66.3 Å². The Morgan fingerprint density at radius 2 is 0.955 bits per heavy atom. The Morgan fingerprint density at radius 1 is 0.568 bits per heavy atom. The van der Waals surface area contributed by atoms with E-state index in [0.29, 0.717) is 0 Å². The van der Waals surface area contributed by atoms with Crippen molar-refractivity contribution < 1.29 is 48.0 Å². The molecular weight excluding hydrogens is 568 g/mol. The molecule has 0 saturated carbocycles. The fraction of sp³-hybridized carbons (Fsp3) is 0.176. The molecule has 4 aromatic carbocycles. The predicted molar refractivity (Wildman–Crippen MR) is 155 cm³/mol. The lowest BCUT2D eigenvalue weighted by Gasteiger charge is -2.28. The molecule has 5 unspecified atom stereocenters. The minimum atomic E-state index is -1.79. The Balaban J connectivity index is 1.45. The summed E-state index contributed by atoms with van der Waals surface area (Å²) >= 11 is 0. The summed E-state index contributed by atoms with van der Waals surface area (Å²) < 4.78 is 28.3. The third kappa shape index (κ3) is 7.35. The van der Waals surface area contributed by atoms with Crippen LogP contribution in [0.2, 0.25) is 0 Å². The van der Waals surface area contributed by atoms with Crippen LogP contribution in [0, 0.1) is 0 Å². The van der Waals surface area contributed by atoms with E-state index in [2.05, 4.69) is 0 Å². The molecule has 5 rings (SSSR count). The van der Waals surface area contributed by atoms with Crippen LogP contribution in [0.15, 0.2) is 121 Å².